The Bertz CT molecular complexity index is 953. The number of imidazole rings is 1. The van der Waals surface area contributed by atoms with E-state index < -0.39 is 0 Å². The molecule has 1 heterocycles. The van der Waals surface area contributed by atoms with Crippen molar-refractivity contribution in [3.63, 3.8) is 0 Å². The molecule has 166 valence electrons. The molecule has 6 rings (SSSR count). The first-order valence-electron chi connectivity index (χ1n) is 11.2. The van der Waals surface area contributed by atoms with E-state index >= 15 is 0 Å². The van der Waals surface area contributed by atoms with Crippen LogP contribution in [0.15, 0.2) is 29.4 Å². The molecule has 3 amide bonds. The summed E-state index contributed by atoms with van der Waals surface area (Å²) in [4.78, 5) is 29.8. The van der Waals surface area contributed by atoms with Crippen LogP contribution in [0.2, 0.25) is 0 Å². The molecule has 4 saturated carbocycles. The van der Waals surface area contributed by atoms with Gasteiger partial charge in [0.15, 0.2) is 5.16 Å². The van der Waals surface area contributed by atoms with Crippen LogP contribution in [0.1, 0.15) is 38.5 Å². The van der Waals surface area contributed by atoms with Crippen molar-refractivity contribution in [2.24, 2.45) is 17.8 Å². The van der Waals surface area contributed by atoms with E-state index in [2.05, 4.69) is 20.2 Å². The molecule has 7 nitrogen and oxygen atoms in total. The van der Waals surface area contributed by atoms with Crippen molar-refractivity contribution in [1.82, 2.24) is 20.2 Å². The number of para-hydroxylation sites is 2. The number of carbonyl (C=O) groups excluding carboxylic acids is 2. The smallest absolute Gasteiger partial charge is 0.321 e. The molecular formula is C23H30N4O3S. The molecule has 31 heavy (non-hydrogen) atoms. The summed E-state index contributed by atoms with van der Waals surface area (Å²) in [6.07, 6.45) is 7.17. The number of hydrogen-bond donors (Lipinski definition) is 2. The zero-order chi connectivity index (χ0) is 21.4. The van der Waals surface area contributed by atoms with Gasteiger partial charge < -0.3 is 14.6 Å². The summed E-state index contributed by atoms with van der Waals surface area (Å²) >= 11 is 1.35. The van der Waals surface area contributed by atoms with Gasteiger partial charge in [-0.3, -0.25) is 10.1 Å². The predicted octanol–water partition coefficient (Wildman–Crippen LogP) is 3.57. The van der Waals surface area contributed by atoms with Gasteiger partial charge in [-0.05, 0) is 68.4 Å². The number of urea groups is 1. The SMILES string of the molecule is COCCn1c(SCC(=O)NC(=O)NC23CC4CC(CC(C4)C2)C3)nc2ccccc21. The first-order chi connectivity index (χ1) is 15.0. The standard InChI is InChI=1S/C23H30N4O3S/c1-30-7-6-27-19-5-3-2-4-18(19)24-22(27)31-14-20(28)25-21(29)26-23-11-15-8-16(12-23)10-17(9-15)13-23/h2-5,15-17H,6-14H2,1H3,(H2,25,26,28,29). The van der Waals surface area contributed by atoms with Crippen molar-refractivity contribution in [2.75, 3.05) is 19.5 Å². The molecule has 0 radical (unpaired) electrons. The number of nitrogens with zero attached hydrogens (tertiary/aromatic N) is 2. The maximum Gasteiger partial charge on any atom is 0.321 e. The third kappa shape index (κ3) is 4.32. The summed E-state index contributed by atoms with van der Waals surface area (Å²) in [6.45, 7) is 1.22. The van der Waals surface area contributed by atoms with Gasteiger partial charge in [-0.25, -0.2) is 9.78 Å². The zero-order valence-corrected chi connectivity index (χ0v) is 18.7. The van der Waals surface area contributed by atoms with Crippen molar-refractivity contribution in [2.45, 2.75) is 55.8 Å². The summed E-state index contributed by atoms with van der Waals surface area (Å²) < 4.78 is 7.28. The average Bonchev–Trinajstić information content (AvgIpc) is 3.06. The molecule has 2 N–H and O–H groups in total. The number of methoxy groups -OCH3 is 1. The molecule has 2 aromatic rings. The van der Waals surface area contributed by atoms with Gasteiger partial charge >= 0.3 is 6.03 Å². The average molecular weight is 443 g/mol. The second-order valence-corrected chi connectivity index (χ2v) is 10.5. The minimum Gasteiger partial charge on any atom is -0.383 e. The lowest BCUT2D eigenvalue weighted by atomic mass is 9.53. The van der Waals surface area contributed by atoms with Crippen molar-refractivity contribution < 1.29 is 14.3 Å². The number of thioether (sulfide) groups is 1. The van der Waals surface area contributed by atoms with Gasteiger partial charge in [0.05, 0.1) is 23.4 Å². The number of imide groups is 1. The van der Waals surface area contributed by atoms with Crippen LogP contribution in [0.4, 0.5) is 4.79 Å². The van der Waals surface area contributed by atoms with Crippen LogP contribution in [-0.4, -0.2) is 46.5 Å². The fourth-order valence-electron chi connectivity index (χ4n) is 6.39. The van der Waals surface area contributed by atoms with Gasteiger partial charge in [-0.15, -0.1) is 0 Å². The predicted molar refractivity (Wildman–Crippen MR) is 120 cm³/mol. The van der Waals surface area contributed by atoms with Crippen LogP contribution in [-0.2, 0) is 16.1 Å². The Balaban J connectivity index is 1.18. The molecule has 8 heteroatoms. The summed E-state index contributed by atoms with van der Waals surface area (Å²) in [5.41, 5.74) is 1.81. The molecule has 1 aromatic carbocycles. The summed E-state index contributed by atoms with van der Waals surface area (Å²) in [5.74, 6) is 2.09. The fourth-order valence-corrected chi connectivity index (χ4v) is 7.23. The Labute approximate surface area is 186 Å². The van der Waals surface area contributed by atoms with E-state index in [0.717, 1.165) is 53.2 Å². The van der Waals surface area contributed by atoms with Gasteiger partial charge in [-0.1, -0.05) is 23.9 Å². The van der Waals surface area contributed by atoms with Gasteiger partial charge in [0.2, 0.25) is 5.91 Å². The van der Waals surface area contributed by atoms with Crippen molar-refractivity contribution in [3.8, 4) is 0 Å². The second kappa shape index (κ2) is 8.47. The number of amides is 3. The number of benzene rings is 1. The van der Waals surface area contributed by atoms with E-state index in [0.29, 0.717) is 13.2 Å². The van der Waals surface area contributed by atoms with Gasteiger partial charge in [0, 0.05) is 19.2 Å². The van der Waals surface area contributed by atoms with Crippen LogP contribution in [0.25, 0.3) is 11.0 Å². The molecule has 0 atom stereocenters. The largest absolute Gasteiger partial charge is 0.383 e. The van der Waals surface area contributed by atoms with Crippen molar-refractivity contribution in [1.29, 1.82) is 0 Å². The molecular weight excluding hydrogens is 412 g/mol. The molecule has 0 spiro atoms. The summed E-state index contributed by atoms with van der Waals surface area (Å²) in [7, 11) is 1.67. The summed E-state index contributed by atoms with van der Waals surface area (Å²) in [6, 6.07) is 7.55. The van der Waals surface area contributed by atoms with E-state index in [9.17, 15) is 9.59 Å². The number of hydrogen-bond acceptors (Lipinski definition) is 5. The fraction of sp³-hybridized carbons (Fsp3) is 0.609. The molecule has 4 aliphatic carbocycles. The molecule has 0 aliphatic heterocycles. The van der Waals surface area contributed by atoms with Crippen molar-refractivity contribution >= 4 is 34.7 Å². The number of ether oxygens (including phenoxy) is 1. The first kappa shape index (κ1) is 20.8. The van der Waals surface area contributed by atoms with Crippen LogP contribution in [0.3, 0.4) is 0 Å². The van der Waals surface area contributed by atoms with E-state index in [-0.39, 0.29) is 23.2 Å². The Morgan fingerprint density at radius 2 is 1.84 bits per heavy atom. The summed E-state index contributed by atoms with van der Waals surface area (Å²) in [5, 5.41) is 6.51. The highest BCUT2D eigenvalue weighted by atomic mass is 32.2. The maximum atomic E-state index is 12.6. The third-order valence-electron chi connectivity index (χ3n) is 7.14. The Hall–Kier alpha value is -2.06. The van der Waals surface area contributed by atoms with Crippen LogP contribution in [0.5, 0.6) is 0 Å². The minimum atomic E-state index is -0.347. The highest BCUT2D eigenvalue weighted by Gasteiger charge is 2.51. The minimum absolute atomic E-state index is 0.0968. The number of carbonyl (C=O) groups is 2. The molecule has 0 saturated heterocycles. The number of aromatic nitrogens is 2. The Morgan fingerprint density at radius 3 is 2.52 bits per heavy atom. The molecule has 1 aromatic heterocycles. The van der Waals surface area contributed by atoms with Crippen LogP contribution < -0.4 is 10.6 Å². The first-order valence-corrected chi connectivity index (χ1v) is 12.2. The van der Waals surface area contributed by atoms with E-state index in [1.165, 1.54) is 31.0 Å². The highest BCUT2D eigenvalue weighted by molar-refractivity contribution is 7.99. The maximum absolute atomic E-state index is 12.6. The number of rotatable bonds is 7. The Kier molecular flexibility index (Phi) is 5.69. The third-order valence-corrected chi connectivity index (χ3v) is 8.12. The lowest BCUT2D eigenvalue weighted by molar-refractivity contribution is -0.117. The van der Waals surface area contributed by atoms with Crippen LogP contribution in [0, 0.1) is 17.8 Å². The van der Waals surface area contributed by atoms with Gasteiger partial charge in [0.25, 0.3) is 0 Å². The number of fused-ring (bicyclic) bond motifs is 1. The Morgan fingerprint density at radius 1 is 1.16 bits per heavy atom. The monoisotopic (exact) mass is 442 g/mol. The normalized spacial score (nSPS) is 28.7. The molecule has 4 aliphatic rings. The quantitative estimate of drug-likeness (QED) is 0.641. The molecule has 4 fully saturated rings. The van der Waals surface area contributed by atoms with Gasteiger partial charge in [0.1, 0.15) is 0 Å². The van der Waals surface area contributed by atoms with Crippen molar-refractivity contribution in [3.05, 3.63) is 24.3 Å². The lowest BCUT2D eigenvalue weighted by Crippen LogP contribution is -2.61. The zero-order valence-electron chi connectivity index (χ0n) is 17.9. The van der Waals surface area contributed by atoms with E-state index in [1.807, 2.05) is 24.3 Å². The van der Waals surface area contributed by atoms with E-state index in [1.54, 1.807) is 7.11 Å². The number of nitrogens with one attached hydrogen (secondary N) is 2. The topological polar surface area (TPSA) is 85.2 Å². The van der Waals surface area contributed by atoms with Crippen LogP contribution >= 0.6 is 11.8 Å². The second-order valence-electron chi connectivity index (χ2n) is 9.52. The van der Waals surface area contributed by atoms with E-state index in [4.69, 9.17) is 4.74 Å². The van der Waals surface area contributed by atoms with Gasteiger partial charge in [-0.2, -0.15) is 0 Å². The highest BCUT2D eigenvalue weighted by Crippen LogP contribution is 2.55. The molecule has 0 unspecified atom stereocenters. The lowest BCUT2D eigenvalue weighted by Gasteiger charge is -2.56. The molecule has 4 bridgehead atoms.